The fourth-order valence-corrected chi connectivity index (χ4v) is 3.96. The molecule has 2 aromatic carbocycles. The highest BCUT2D eigenvalue weighted by Crippen LogP contribution is 2.28. The molecule has 1 fully saturated rings. The molecule has 0 spiro atoms. The van der Waals surface area contributed by atoms with Crippen molar-refractivity contribution in [3.8, 4) is 5.75 Å². The van der Waals surface area contributed by atoms with Crippen molar-refractivity contribution in [2.75, 3.05) is 19.7 Å². The van der Waals surface area contributed by atoms with Crippen molar-refractivity contribution in [1.29, 1.82) is 0 Å². The molecule has 1 aliphatic rings. The second kappa shape index (κ2) is 8.01. The lowest BCUT2D eigenvalue weighted by atomic mass is 10.1. The van der Waals surface area contributed by atoms with Crippen molar-refractivity contribution in [2.24, 2.45) is 0 Å². The van der Waals surface area contributed by atoms with E-state index in [9.17, 15) is 0 Å². The Morgan fingerprint density at radius 2 is 1.83 bits per heavy atom. The molecule has 3 rings (SSSR count). The monoisotopic (exact) mass is 358 g/mol. The Balaban J connectivity index is 1.67. The first kappa shape index (κ1) is 17.3. The number of thioether (sulfide) groups is 1. The summed E-state index contributed by atoms with van der Waals surface area (Å²) in [4.78, 5) is 4.73. The van der Waals surface area contributed by atoms with Gasteiger partial charge in [-0.2, -0.15) is 0 Å². The molecule has 24 heavy (non-hydrogen) atoms. The van der Waals surface area contributed by atoms with E-state index in [1.807, 2.05) is 12.1 Å². The summed E-state index contributed by atoms with van der Waals surface area (Å²) >= 11 is 7.31. The van der Waals surface area contributed by atoms with Gasteiger partial charge in [-0.1, -0.05) is 66.4 Å². The van der Waals surface area contributed by atoms with Gasteiger partial charge < -0.3 is 9.64 Å². The average Bonchev–Trinajstić information content (AvgIpc) is 2.64. The molecule has 0 radical (unpaired) electrons. The van der Waals surface area contributed by atoms with Crippen LogP contribution in [-0.2, 0) is 6.54 Å². The summed E-state index contributed by atoms with van der Waals surface area (Å²) in [5, 5.41) is 0. The van der Waals surface area contributed by atoms with Crippen LogP contribution in [0.25, 0.3) is 0 Å². The van der Waals surface area contributed by atoms with Crippen LogP contribution in [-0.4, -0.2) is 33.8 Å². The highest BCUT2D eigenvalue weighted by molar-refractivity contribution is 8.22. The van der Waals surface area contributed by atoms with Crippen LogP contribution in [0.5, 0.6) is 5.75 Å². The minimum Gasteiger partial charge on any atom is -0.497 e. The molecule has 0 saturated carbocycles. The largest absolute Gasteiger partial charge is 0.497 e. The third-order valence-electron chi connectivity index (χ3n) is 4.33. The summed E-state index contributed by atoms with van der Waals surface area (Å²) in [5.41, 5.74) is 2.59. The van der Waals surface area contributed by atoms with Crippen LogP contribution in [0, 0.1) is 0 Å². The van der Waals surface area contributed by atoms with Crippen molar-refractivity contribution in [2.45, 2.75) is 19.5 Å². The summed E-state index contributed by atoms with van der Waals surface area (Å²) in [6.07, 6.45) is 0. The molecular formula is C19H22N2OS2. The van der Waals surface area contributed by atoms with Crippen LogP contribution in [0.1, 0.15) is 24.1 Å². The predicted molar refractivity (Wildman–Crippen MR) is 105 cm³/mol. The minimum atomic E-state index is 0.375. The van der Waals surface area contributed by atoms with Gasteiger partial charge in [-0.25, -0.2) is 0 Å². The molecule has 1 atom stereocenters. The van der Waals surface area contributed by atoms with Crippen LogP contribution >= 0.6 is 24.0 Å². The first-order valence-corrected chi connectivity index (χ1v) is 9.40. The van der Waals surface area contributed by atoms with Crippen LogP contribution in [0.3, 0.4) is 0 Å². The Morgan fingerprint density at radius 1 is 1.12 bits per heavy atom. The fraction of sp³-hybridized carbons (Fsp3) is 0.316. The van der Waals surface area contributed by atoms with Crippen molar-refractivity contribution in [1.82, 2.24) is 9.80 Å². The number of rotatable bonds is 5. The second-order valence-electron chi connectivity index (χ2n) is 5.90. The maximum absolute atomic E-state index is 5.57. The molecule has 0 aromatic heterocycles. The fourth-order valence-electron chi connectivity index (χ4n) is 2.79. The molecule has 3 nitrogen and oxygen atoms in total. The number of hydrogen-bond acceptors (Lipinski definition) is 4. The van der Waals surface area contributed by atoms with E-state index in [2.05, 4.69) is 59.2 Å². The van der Waals surface area contributed by atoms with Gasteiger partial charge in [-0.05, 0) is 30.2 Å². The lowest BCUT2D eigenvalue weighted by molar-refractivity contribution is 0.163. The smallest absolute Gasteiger partial charge is 0.138 e. The quantitative estimate of drug-likeness (QED) is 0.729. The molecule has 2 aromatic rings. The number of hydrogen-bond donors (Lipinski definition) is 0. The van der Waals surface area contributed by atoms with Crippen LogP contribution < -0.4 is 4.74 Å². The molecule has 1 heterocycles. The van der Waals surface area contributed by atoms with Gasteiger partial charge in [0.25, 0.3) is 0 Å². The van der Waals surface area contributed by atoms with Crippen LogP contribution in [0.2, 0.25) is 0 Å². The highest BCUT2D eigenvalue weighted by Gasteiger charge is 2.25. The minimum absolute atomic E-state index is 0.375. The van der Waals surface area contributed by atoms with Crippen molar-refractivity contribution in [3.05, 3.63) is 65.7 Å². The Morgan fingerprint density at radius 3 is 2.50 bits per heavy atom. The first-order chi connectivity index (χ1) is 11.7. The molecular weight excluding hydrogens is 336 g/mol. The highest BCUT2D eigenvalue weighted by atomic mass is 32.2. The Hall–Kier alpha value is -1.56. The van der Waals surface area contributed by atoms with E-state index in [0.717, 1.165) is 29.2 Å². The normalized spacial score (nSPS) is 16.9. The Labute approximate surface area is 153 Å². The molecule has 1 aliphatic heterocycles. The van der Waals surface area contributed by atoms with Gasteiger partial charge in [0.2, 0.25) is 0 Å². The SMILES string of the molecule is COc1ccc(CN2CN(C(C)c3ccccc3)CSC2=S)cc1. The summed E-state index contributed by atoms with van der Waals surface area (Å²) in [7, 11) is 1.69. The number of thiocarbonyl (C=S) groups is 1. The van der Waals surface area contributed by atoms with Gasteiger partial charge in [-0.15, -0.1) is 0 Å². The standard InChI is InChI=1S/C19H22N2OS2/c1-15(17-6-4-3-5-7-17)21-13-20(19(23)24-14-21)12-16-8-10-18(22-2)11-9-16/h3-11,15H,12-14H2,1-2H3. The molecule has 1 saturated heterocycles. The topological polar surface area (TPSA) is 15.7 Å². The Bertz CT molecular complexity index is 676. The number of methoxy groups -OCH3 is 1. The van der Waals surface area contributed by atoms with E-state index >= 15 is 0 Å². The zero-order valence-electron chi connectivity index (χ0n) is 14.0. The van der Waals surface area contributed by atoms with E-state index in [4.69, 9.17) is 17.0 Å². The molecule has 0 bridgehead atoms. The molecule has 1 unspecified atom stereocenters. The lowest BCUT2D eigenvalue weighted by Crippen LogP contribution is -2.45. The van der Waals surface area contributed by atoms with E-state index < -0.39 is 0 Å². The van der Waals surface area contributed by atoms with Gasteiger partial charge in [0.05, 0.1) is 19.7 Å². The van der Waals surface area contributed by atoms with Crippen LogP contribution in [0.15, 0.2) is 54.6 Å². The van der Waals surface area contributed by atoms with E-state index in [0.29, 0.717) is 6.04 Å². The zero-order chi connectivity index (χ0) is 16.9. The maximum atomic E-state index is 5.57. The van der Waals surface area contributed by atoms with Gasteiger partial charge in [0, 0.05) is 12.6 Å². The second-order valence-corrected chi connectivity index (χ2v) is 7.48. The Kier molecular flexibility index (Phi) is 5.76. The molecule has 0 N–H and O–H groups in total. The van der Waals surface area contributed by atoms with E-state index in [-0.39, 0.29) is 0 Å². The lowest BCUT2D eigenvalue weighted by Gasteiger charge is -2.40. The zero-order valence-corrected chi connectivity index (χ0v) is 15.6. The first-order valence-electron chi connectivity index (χ1n) is 8.01. The summed E-state index contributed by atoms with van der Waals surface area (Å²) in [6, 6.07) is 19.2. The third kappa shape index (κ3) is 4.09. The molecule has 0 amide bonds. The van der Waals surface area contributed by atoms with E-state index in [1.54, 1.807) is 18.9 Å². The van der Waals surface area contributed by atoms with E-state index in [1.165, 1.54) is 11.1 Å². The van der Waals surface area contributed by atoms with Crippen molar-refractivity contribution in [3.63, 3.8) is 0 Å². The van der Waals surface area contributed by atoms with Crippen LogP contribution in [0.4, 0.5) is 0 Å². The van der Waals surface area contributed by atoms with Gasteiger partial charge in [-0.3, -0.25) is 4.90 Å². The molecule has 126 valence electrons. The van der Waals surface area contributed by atoms with Gasteiger partial charge in [0.1, 0.15) is 10.1 Å². The molecule has 5 heteroatoms. The summed E-state index contributed by atoms with van der Waals surface area (Å²) in [5.74, 6) is 1.82. The summed E-state index contributed by atoms with van der Waals surface area (Å²) in [6.45, 7) is 3.94. The predicted octanol–water partition coefficient (Wildman–Crippen LogP) is 4.51. The summed E-state index contributed by atoms with van der Waals surface area (Å²) < 4.78 is 6.20. The van der Waals surface area contributed by atoms with Crippen molar-refractivity contribution < 1.29 is 4.74 Å². The number of ether oxygens (including phenoxy) is 1. The van der Waals surface area contributed by atoms with Gasteiger partial charge >= 0.3 is 0 Å². The number of nitrogens with zero attached hydrogens (tertiary/aromatic N) is 2. The average molecular weight is 359 g/mol. The van der Waals surface area contributed by atoms with Crippen molar-refractivity contribution >= 4 is 28.3 Å². The number of benzene rings is 2. The third-order valence-corrected chi connectivity index (χ3v) is 5.90. The molecule has 0 aliphatic carbocycles. The maximum Gasteiger partial charge on any atom is 0.138 e. The van der Waals surface area contributed by atoms with Gasteiger partial charge in [0.15, 0.2) is 0 Å².